The molecule has 3 heteroatoms. The summed E-state index contributed by atoms with van der Waals surface area (Å²) in [7, 11) is 0. The lowest BCUT2D eigenvalue weighted by atomic mass is 10.00. The fraction of sp³-hybridized carbons (Fsp3) is 0.667. The van der Waals surface area contributed by atoms with Crippen molar-refractivity contribution in [3.8, 4) is 0 Å². The molecule has 3 rings (SSSR count). The summed E-state index contributed by atoms with van der Waals surface area (Å²) in [6.07, 6.45) is 6.37. The molecule has 0 spiro atoms. The normalized spacial score (nSPS) is 26.6. The number of aliphatic hydroxyl groups is 1. The maximum Gasteiger partial charge on any atom is 0.0916 e. The summed E-state index contributed by atoms with van der Waals surface area (Å²) in [5.41, 5.74) is 1.04. The largest absolute Gasteiger partial charge is 0.387 e. The molecule has 2 saturated heterocycles. The van der Waals surface area contributed by atoms with Crippen LogP contribution in [0, 0.1) is 0 Å². The van der Waals surface area contributed by atoms with Crippen molar-refractivity contribution >= 4 is 0 Å². The molecule has 1 aromatic rings. The third-order valence-electron chi connectivity index (χ3n) is 5.00. The summed E-state index contributed by atoms with van der Waals surface area (Å²) < 4.78 is 0. The van der Waals surface area contributed by atoms with Gasteiger partial charge in [0.25, 0.3) is 0 Å². The van der Waals surface area contributed by atoms with E-state index in [1.807, 2.05) is 30.3 Å². The predicted octanol–water partition coefficient (Wildman–Crippen LogP) is 2.67. The third kappa shape index (κ3) is 4.06. The van der Waals surface area contributed by atoms with Crippen LogP contribution in [0.1, 0.15) is 43.8 Å². The molecule has 1 aromatic carbocycles. The SMILES string of the molecule is O[C@@H](CN1CCC[C@H](N2CCCCC2)C1)c1ccccc1. The predicted molar refractivity (Wildman–Crippen MR) is 86.3 cm³/mol. The van der Waals surface area contributed by atoms with Gasteiger partial charge in [0.05, 0.1) is 6.10 Å². The van der Waals surface area contributed by atoms with Gasteiger partial charge in [0.15, 0.2) is 0 Å². The molecule has 0 aliphatic carbocycles. The molecular weight excluding hydrogens is 260 g/mol. The van der Waals surface area contributed by atoms with Gasteiger partial charge in [-0.3, -0.25) is 9.80 Å². The van der Waals surface area contributed by atoms with E-state index in [0.717, 1.165) is 25.2 Å². The van der Waals surface area contributed by atoms with Crippen LogP contribution in [0.25, 0.3) is 0 Å². The van der Waals surface area contributed by atoms with E-state index in [1.165, 1.54) is 45.2 Å². The highest BCUT2D eigenvalue weighted by molar-refractivity contribution is 5.17. The molecule has 2 aliphatic heterocycles. The van der Waals surface area contributed by atoms with Crippen LogP contribution in [0.15, 0.2) is 30.3 Å². The Morgan fingerprint density at radius 3 is 2.52 bits per heavy atom. The van der Waals surface area contributed by atoms with Crippen LogP contribution >= 0.6 is 0 Å². The van der Waals surface area contributed by atoms with Gasteiger partial charge in [0.1, 0.15) is 0 Å². The van der Waals surface area contributed by atoms with Gasteiger partial charge in [-0.25, -0.2) is 0 Å². The summed E-state index contributed by atoms with van der Waals surface area (Å²) >= 11 is 0. The van der Waals surface area contributed by atoms with Crippen molar-refractivity contribution in [3.05, 3.63) is 35.9 Å². The number of benzene rings is 1. The van der Waals surface area contributed by atoms with Crippen molar-refractivity contribution in [2.24, 2.45) is 0 Å². The highest BCUT2D eigenvalue weighted by atomic mass is 16.3. The molecular formula is C18H28N2O. The highest BCUT2D eigenvalue weighted by Gasteiger charge is 2.27. The lowest BCUT2D eigenvalue weighted by molar-refractivity contribution is 0.0500. The van der Waals surface area contributed by atoms with E-state index < -0.39 is 0 Å². The van der Waals surface area contributed by atoms with E-state index in [9.17, 15) is 5.11 Å². The highest BCUT2D eigenvalue weighted by Crippen LogP contribution is 2.22. The molecule has 0 saturated carbocycles. The molecule has 1 N–H and O–H groups in total. The van der Waals surface area contributed by atoms with Crippen LogP contribution < -0.4 is 0 Å². The molecule has 0 aromatic heterocycles. The first-order valence-corrected chi connectivity index (χ1v) is 8.52. The fourth-order valence-corrected chi connectivity index (χ4v) is 3.80. The number of β-amino-alcohol motifs (C(OH)–C–C–N with tert-alkyl or cyclic N) is 1. The number of nitrogens with zero attached hydrogens (tertiary/aromatic N) is 2. The molecule has 0 bridgehead atoms. The second-order valence-corrected chi connectivity index (χ2v) is 6.58. The van der Waals surface area contributed by atoms with Crippen molar-refractivity contribution in [2.75, 3.05) is 32.7 Å². The molecule has 3 nitrogen and oxygen atoms in total. The van der Waals surface area contributed by atoms with Crippen molar-refractivity contribution in [3.63, 3.8) is 0 Å². The minimum absolute atomic E-state index is 0.355. The Hall–Kier alpha value is -0.900. The molecule has 0 radical (unpaired) electrons. The van der Waals surface area contributed by atoms with Gasteiger partial charge >= 0.3 is 0 Å². The third-order valence-corrected chi connectivity index (χ3v) is 5.00. The maximum absolute atomic E-state index is 10.4. The van der Waals surface area contributed by atoms with Gasteiger partial charge in [-0.2, -0.15) is 0 Å². The van der Waals surface area contributed by atoms with E-state index in [2.05, 4.69) is 9.80 Å². The first-order chi connectivity index (χ1) is 10.3. The van der Waals surface area contributed by atoms with Crippen LogP contribution in [0.4, 0.5) is 0 Å². The van der Waals surface area contributed by atoms with Gasteiger partial charge in [0, 0.05) is 19.1 Å². The Kier molecular flexibility index (Phi) is 5.28. The monoisotopic (exact) mass is 288 g/mol. The van der Waals surface area contributed by atoms with E-state index in [0.29, 0.717) is 6.04 Å². The molecule has 0 unspecified atom stereocenters. The summed E-state index contributed by atoms with van der Waals surface area (Å²) in [5, 5.41) is 10.4. The molecule has 116 valence electrons. The zero-order chi connectivity index (χ0) is 14.5. The Morgan fingerprint density at radius 2 is 1.76 bits per heavy atom. The number of aliphatic hydroxyl groups excluding tert-OH is 1. The van der Waals surface area contributed by atoms with E-state index in [-0.39, 0.29) is 6.10 Å². The lowest BCUT2D eigenvalue weighted by Crippen LogP contribution is -2.50. The van der Waals surface area contributed by atoms with Gasteiger partial charge < -0.3 is 5.11 Å². The number of likely N-dealkylation sites (tertiary alicyclic amines) is 2. The van der Waals surface area contributed by atoms with Crippen LogP contribution in [0.3, 0.4) is 0 Å². The van der Waals surface area contributed by atoms with Crippen molar-refractivity contribution in [1.82, 2.24) is 9.80 Å². The summed E-state index contributed by atoms with van der Waals surface area (Å²) in [4.78, 5) is 5.14. The Morgan fingerprint density at radius 1 is 1.00 bits per heavy atom. The Labute approximate surface area is 128 Å². The van der Waals surface area contributed by atoms with Gasteiger partial charge in [-0.1, -0.05) is 36.8 Å². The number of hydrogen-bond acceptors (Lipinski definition) is 3. The van der Waals surface area contributed by atoms with Gasteiger partial charge in [-0.15, -0.1) is 0 Å². The number of hydrogen-bond donors (Lipinski definition) is 1. The summed E-state index contributed by atoms with van der Waals surface area (Å²) in [5.74, 6) is 0. The average Bonchev–Trinajstić information content (AvgIpc) is 2.57. The van der Waals surface area contributed by atoms with Crippen molar-refractivity contribution in [1.29, 1.82) is 0 Å². The topological polar surface area (TPSA) is 26.7 Å². The zero-order valence-electron chi connectivity index (χ0n) is 13.0. The first kappa shape index (κ1) is 15.0. The molecule has 2 atom stereocenters. The summed E-state index contributed by atoms with van der Waals surface area (Å²) in [6.45, 7) is 5.59. The Balaban J connectivity index is 1.53. The maximum atomic E-state index is 10.4. The van der Waals surface area contributed by atoms with Gasteiger partial charge in [-0.05, 0) is 50.9 Å². The lowest BCUT2D eigenvalue weighted by Gasteiger charge is -2.41. The van der Waals surface area contributed by atoms with Gasteiger partial charge in [0.2, 0.25) is 0 Å². The number of piperidine rings is 2. The average molecular weight is 288 g/mol. The molecule has 0 amide bonds. The van der Waals surface area contributed by atoms with Crippen molar-refractivity contribution in [2.45, 2.75) is 44.2 Å². The van der Waals surface area contributed by atoms with Crippen LogP contribution in [-0.4, -0.2) is 53.7 Å². The number of rotatable bonds is 4. The van der Waals surface area contributed by atoms with E-state index in [4.69, 9.17) is 0 Å². The standard InChI is InChI=1S/C18H28N2O/c21-18(16-8-3-1-4-9-16)15-19-11-7-10-17(14-19)20-12-5-2-6-13-20/h1,3-4,8-9,17-18,21H,2,5-7,10-15H2/t17-,18-/m0/s1. The van der Waals surface area contributed by atoms with E-state index >= 15 is 0 Å². The quantitative estimate of drug-likeness (QED) is 0.923. The molecule has 2 heterocycles. The van der Waals surface area contributed by atoms with E-state index in [1.54, 1.807) is 0 Å². The minimum atomic E-state index is -0.355. The Bertz CT molecular complexity index is 416. The molecule has 21 heavy (non-hydrogen) atoms. The molecule has 2 aliphatic rings. The smallest absolute Gasteiger partial charge is 0.0916 e. The fourth-order valence-electron chi connectivity index (χ4n) is 3.80. The van der Waals surface area contributed by atoms with Crippen molar-refractivity contribution < 1.29 is 5.11 Å². The first-order valence-electron chi connectivity index (χ1n) is 8.52. The zero-order valence-corrected chi connectivity index (χ0v) is 13.0. The summed E-state index contributed by atoms with van der Waals surface area (Å²) in [6, 6.07) is 10.8. The van der Waals surface area contributed by atoms with Crippen LogP contribution in [0.2, 0.25) is 0 Å². The minimum Gasteiger partial charge on any atom is -0.387 e. The second kappa shape index (κ2) is 7.39. The second-order valence-electron chi connectivity index (χ2n) is 6.58. The van der Waals surface area contributed by atoms with Crippen LogP contribution in [-0.2, 0) is 0 Å². The molecule has 2 fully saturated rings. The van der Waals surface area contributed by atoms with Crippen LogP contribution in [0.5, 0.6) is 0 Å².